The highest BCUT2D eigenvalue weighted by Crippen LogP contribution is 2.41. The van der Waals surface area contributed by atoms with Crippen LogP contribution in [-0.2, 0) is 77.7 Å². The summed E-state index contributed by atoms with van der Waals surface area (Å²) in [4.78, 5) is 99.2. The lowest BCUT2D eigenvalue weighted by atomic mass is 9.86. The topological polar surface area (TPSA) is 301 Å². The number of esters is 6. The summed E-state index contributed by atoms with van der Waals surface area (Å²) in [7, 11) is 0. The number of nitrogens with one attached hydrogen (secondary N) is 1. The van der Waals surface area contributed by atoms with Gasteiger partial charge in [0.05, 0.1) is 70.4 Å². The molecule has 4 aliphatic heterocycles. The second-order valence-electron chi connectivity index (χ2n) is 25.4. The lowest BCUT2D eigenvalue weighted by molar-refractivity contribution is -0.373. The molecule has 0 radical (unpaired) electrons. The highest BCUT2D eigenvalue weighted by molar-refractivity contribution is 5.92. The van der Waals surface area contributed by atoms with E-state index >= 15 is 4.79 Å². The molecule has 24 nitrogen and oxygen atoms in total. The third kappa shape index (κ3) is 18.6. The summed E-state index contributed by atoms with van der Waals surface area (Å²) >= 11 is 0. The lowest BCUT2D eigenvalue weighted by Gasteiger charge is -2.51. The molecular formula is C79H83NO23. The fraction of sp³-hybridized carbons (Fsp3) is 0.380. The van der Waals surface area contributed by atoms with Crippen LogP contribution in [0.3, 0.4) is 0 Å². The van der Waals surface area contributed by atoms with Gasteiger partial charge in [0, 0.05) is 18.8 Å². The summed E-state index contributed by atoms with van der Waals surface area (Å²) in [6.07, 6.45) is -25.4. The predicted octanol–water partition coefficient (Wildman–Crippen LogP) is 9.19. The molecule has 8 unspecified atom stereocenters. The molecule has 7 aromatic carbocycles. The van der Waals surface area contributed by atoms with Gasteiger partial charge in [-0.2, -0.15) is 0 Å². The van der Waals surface area contributed by atoms with E-state index in [1.807, 2.05) is 37.3 Å². The third-order valence-electron chi connectivity index (χ3n) is 18.4. The van der Waals surface area contributed by atoms with E-state index in [0.717, 1.165) is 5.56 Å². The van der Waals surface area contributed by atoms with Crippen molar-refractivity contribution in [3.63, 3.8) is 0 Å². The van der Waals surface area contributed by atoms with Crippen LogP contribution in [0.1, 0.15) is 115 Å². The molecule has 11 rings (SSSR count). The number of amides is 1. The molecule has 0 saturated carbocycles. The highest BCUT2D eigenvalue weighted by Gasteiger charge is 2.59. The van der Waals surface area contributed by atoms with Crippen LogP contribution >= 0.6 is 0 Å². The van der Waals surface area contributed by atoms with Crippen LogP contribution in [0.5, 0.6) is 0 Å². The van der Waals surface area contributed by atoms with E-state index in [-0.39, 0.29) is 52.8 Å². The minimum Gasteiger partial charge on any atom is -0.459 e. The van der Waals surface area contributed by atoms with E-state index in [4.69, 9.17) is 66.3 Å². The molecule has 0 spiro atoms. The fourth-order valence-corrected chi connectivity index (χ4v) is 12.9. The van der Waals surface area contributed by atoms with Gasteiger partial charge in [0.2, 0.25) is 5.91 Å². The Balaban J connectivity index is 0.986. The number of benzene rings is 7. The first-order chi connectivity index (χ1) is 50.0. The smallest absolute Gasteiger partial charge is 0.338 e. The number of carbonyl (C=O) groups excluding carboxylic acids is 7. The summed E-state index contributed by atoms with van der Waals surface area (Å²) in [6, 6.07) is 56.3. The van der Waals surface area contributed by atoms with Crippen LogP contribution in [0.15, 0.2) is 212 Å². The van der Waals surface area contributed by atoms with E-state index in [1.54, 1.807) is 142 Å². The van der Waals surface area contributed by atoms with E-state index in [9.17, 15) is 39.0 Å². The van der Waals surface area contributed by atoms with E-state index in [1.165, 1.54) is 67.6 Å². The van der Waals surface area contributed by atoms with Crippen molar-refractivity contribution < 1.29 is 110 Å². The van der Waals surface area contributed by atoms with E-state index in [0.29, 0.717) is 0 Å². The maximum atomic E-state index is 15.0. The molecule has 4 heterocycles. The van der Waals surface area contributed by atoms with Crippen molar-refractivity contribution in [3.05, 3.63) is 251 Å². The van der Waals surface area contributed by atoms with Crippen molar-refractivity contribution >= 4 is 41.7 Å². The van der Waals surface area contributed by atoms with Crippen molar-refractivity contribution in [2.75, 3.05) is 13.2 Å². The zero-order valence-electron chi connectivity index (χ0n) is 57.3. The van der Waals surface area contributed by atoms with Crippen LogP contribution in [0.2, 0.25) is 0 Å². The van der Waals surface area contributed by atoms with Crippen molar-refractivity contribution in [2.45, 2.75) is 165 Å². The number of carbonyl (C=O) groups is 7. The summed E-state index contributed by atoms with van der Waals surface area (Å²) in [5, 5.41) is 26.6. The Kier molecular flexibility index (Phi) is 25.8. The summed E-state index contributed by atoms with van der Waals surface area (Å²) in [5.74, 6) is -7.44. The Labute approximate surface area is 595 Å². The molecule has 20 atom stereocenters. The summed E-state index contributed by atoms with van der Waals surface area (Å²) in [5.41, 5.74) is 1.59. The van der Waals surface area contributed by atoms with Gasteiger partial charge >= 0.3 is 35.8 Å². The molecule has 7 aromatic rings. The standard InChI is InChI=1S/C79H83NO23/c1-6-56-63(101-78-67(99-74(88)54-39-25-13-26-40-54)62(83)61(82)58(95-78)44-90-70(84)50-31-17-9-18-32-50)46(3)60(80-48(5)81)76(93-56)103-68-66(98-73(87)53-37-23-12-24-38-53)59(45-91-71(85)51-33-19-10-20-34-51)96-79(69(68)100-75(89)55-41-27-14-28-42-55)102-64-47(4)65(97-72(86)52-35-21-11-22-36-52)77(94-57(64)7-2)92-43-49-29-15-8-16-30-49/h8-42,46-47,56-69,76-79,82-83H,6-7,43-45H2,1-5H3,(H,80,81)/t46-,47+,56?,57?,58?,59?,60?,61+,62+,63+,64+,65?,66+,67?,68+,69?,76+,77-,78+,79+/m1/s1. The van der Waals surface area contributed by atoms with Crippen LogP contribution < -0.4 is 5.32 Å². The maximum Gasteiger partial charge on any atom is 0.338 e. The molecule has 0 aliphatic carbocycles. The predicted molar refractivity (Wildman–Crippen MR) is 365 cm³/mol. The van der Waals surface area contributed by atoms with Gasteiger partial charge in [0.15, 0.2) is 49.6 Å². The average molecular weight is 1410 g/mol. The van der Waals surface area contributed by atoms with Gasteiger partial charge in [-0.3, -0.25) is 4.79 Å². The third-order valence-corrected chi connectivity index (χ3v) is 18.4. The Hall–Kier alpha value is -9.57. The largest absolute Gasteiger partial charge is 0.459 e. The minimum atomic E-state index is -1.91. The van der Waals surface area contributed by atoms with Crippen LogP contribution in [0.4, 0.5) is 0 Å². The van der Waals surface area contributed by atoms with Crippen molar-refractivity contribution in [1.29, 1.82) is 0 Å². The molecule has 4 aliphatic rings. The second kappa shape index (κ2) is 35.5. The van der Waals surface area contributed by atoms with Gasteiger partial charge in [0.1, 0.15) is 43.7 Å². The first-order valence-corrected chi connectivity index (χ1v) is 34.3. The normalized spacial score (nSPS) is 29.0. The Morgan fingerprint density at radius 3 is 1.14 bits per heavy atom. The van der Waals surface area contributed by atoms with E-state index in [2.05, 4.69) is 5.32 Å². The quantitative estimate of drug-likeness (QED) is 0.0336. The number of hydrogen-bond donors (Lipinski definition) is 3. The number of rotatable bonds is 26. The van der Waals surface area contributed by atoms with Gasteiger partial charge in [-0.25, -0.2) is 28.8 Å². The second-order valence-corrected chi connectivity index (χ2v) is 25.4. The number of aliphatic hydroxyl groups excluding tert-OH is 2. The van der Waals surface area contributed by atoms with Gasteiger partial charge in [0.25, 0.3) is 0 Å². The summed E-state index contributed by atoms with van der Waals surface area (Å²) < 4.78 is 92.1. The van der Waals surface area contributed by atoms with Gasteiger partial charge in [-0.15, -0.1) is 0 Å². The molecule has 0 aromatic heterocycles. The Bertz CT molecular complexity index is 3900. The average Bonchev–Trinajstić information content (AvgIpc) is 0.760. The Morgan fingerprint density at radius 1 is 0.359 bits per heavy atom. The fourth-order valence-electron chi connectivity index (χ4n) is 12.9. The van der Waals surface area contributed by atoms with E-state index < -0.39 is 177 Å². The number of aliphatic hydroxyl groups is 2. The van der Waals surface area contributed by atoms with Crippen LogP contribution in [-0.4, -0.2) is 176 Å². The van der Waals surface area contributed by atoms with Crippen LogP contribution in [0, 0.1) is 11.8 Å². The lowest BCUT2D eigenvalue weighted by Crippen LogP contribution is -2.68. The first kappa shape index (κ1) is 74.6. The van der Waals surface area contributed by atoms with Crippen LogP contribution in [0.25, 0.3) is 0 Å². The first-order valence-electron chi connectivity index (χ1n) is 34.3. The molecule has 0 bridgehead atoms. The zero-order valence-corrected chi connectivity index (χ0v) is 57.3. The van der Waals surface area contributed by atoms with Crippen molar-refractivity contribution in [2.24, 2.45) is 11.8 Å². The van der Waals surface area contributed by atoms with Gasteiger partial charge in [-0.05, 0) is 91.2 Å². The minimum absolute atomic E-state index is 0.0560. The molecule has 542 valence electrons. The number of hydrogen-bond acceptors (Lipinski definition) is 23. The molecule has 103 heavy (non-hydrogen) atoms. The monoisotopic (exact) mass is 1410 g/mol. The maximum absolute atomic E-state index is 15.0. The molecule has 4 fully saturated rings. The summed E-state index contributed by atoms with van der Waals surface area (Å²) in [6.45, 7) is 7.11. The van der Waals surface area contributed by atoms with Gasteiger partial charge < -0.3 is 81.8 Å². The molecule has 4 saturated heterocycles. The highest BCUT2D eigenvalue weighted by atomic mass is 16.8. The molecule has 24 heteroatoms. The number of ether oxygens (including phenoxy) is 14. The zero-order chi connectivity index (χ0) is 72.5. The molecule has 1 amide bonds. The SMILES string of the molecule is CCC1O[C@@H](O[C@@H]2C(OC(=O)c3ccccc3)[C@H](O[C@@H]3C(CC)O[C@@H](OCc4ccccc4)C(OC(=O)c4ccccc4)[C@H]3C)OC(COC(=O)c3ccccc3)[C@@H]2OC(=O)c2ccccc2)C(NC(C)=O)[C@@H](C)[C@@H]1O[C@@H]1OC(COC(=O)c2ccccc2)[C@H](O)[C@H](O)C1OC(=O)c1ccccc1. The molecule has 3 N–H and O–H groups in total. The Morgan fingerprint density at radius 2 is 0.699 bits per heavy atom. The van der Waals surface area contributed by atoms with Crippen molar-refractivity contribution in [1.82, 2.24) is 5.32 Å². The van der Waals surface area contributed by atoms with Crippen molar-refractivity contribution in [3.8, 4) is 0 Å². The van der Waals surface area contributed by atoms with Gasteiger partial charge in [-0.1, -0.05) is 167 Å². The molecular weight excluding hydrogens is 1330 g/mol.